The van der Waals surface area contributed by atoms with Gasteiger partial charge in [-0.15, -0.1) is 12.1 Å². The van der Waals surface area contributed by atoms with Gasteiger partial charge in [-0.2, -0.15) is 24.1 Å². The molecule has 2 rings (SSSR count). The van der Waals surface area contributed by atoms with Gasteiger partial charge in [0.1, 0.15) is 0 Å². The van der Waals surface area contributed by atoms with Crippen LogP contribution in [0.5, 0.6) is 0 Å². The fourth-order valence-corrected chi connectivity index (χ4v) is 2.02. The number of hydrogen-bond acceptors (Lipinski definition) is 2. The maximum atomic E-state index is 11.4. The molecular formula is C13H12ClO2Pd-. The summed E-state index contributed by atoms with van der Waals surface area (Å²) in [5.74, 6) is -0.336. The van der Waals surface area contributed by atoms with Crippen LogP contribution in [0.2, 0.25) is 0 Å². The maximum absolute atomic E-state index is 11.4. The Kier molecular flexibility index (Phi) is 5.27. The first-order valence-electron chi connectivity index (χ1n) is 5.12. The summed E-state index contributed by atoms with van der Waals surface area (Å²) in [6.07, 6.45) is 2.01. The number of carbonyl (C=O) groups is 1. The number of rotatable bonds is 2. The average Bonchev–Trinajstić information content (AvgIpc) is 2.61. The first kappa shape index (κ1) is 14.3. The zero-order chi connectivity index (χ0) is 11.5. The molecule has 0 saturated carbocycles. The monoisotopic (exact) mass is 341 g/mol. The second-order valence-electron chi connectivity index (χ2n) is 3.73. The Morgan fingerprint density at radius 2 is 2.06 bits per heavy atom. The van der Waals surface area contributed by atoms with Crippen LogP contribution >= 0.6 is 11.6 Å². The minimum atomic E-state index is -0.301. The molecule has 1 aliphatic heterocycles. The van der Waals surface area contributed by atoms with E-state index in [9.17, 15) is 4.79 Å². The molecule has 4 heteroatoms. The van der Waals surface area contributed by atoms with E-state index in [-0.39, 0.29) is 32.3 Å². The zero-order valence-corrected chi connectivity index (χ0v) is 11.6. The van der Waals surface area contributed by atoms with Crippen LogP contribution in [0.1, 0.15) is 12.5 Å². The van der Waals surface area contributed by atoms with Crippen molar-refractivity contribution in [3.05, 3.63) is 52.9 Å². The second kappa shape index (κ2) is 6.26. The fraction of sp³-hybridized carbons (Fsp3) is 0.231. The molecule has 1 saturated heterocycles. The van der Waals surface area contributed by atoms with Crippen LogP contribution in [0.3, 0.4) is 0 Å². The van der Waals surface area contributed by atoms with Gasteiger partial charge in [-0.1, -0.05) is 17.7 Å². The molecule has 1 heterocycles. The van der Waals surface area contributed by atoms with Crippen LogP contribution in [0, 0.1) is 12.3 Å². The molecule has 0 aromatic heterocycles. The number of carbonyl (C=O) groups excluding carboxylic acids is 1. The van der Waals surface area contributed by atoms with Gasteiger partial charge >= 0.3 is 5.97 Å². The van der Waals surface area contributed by atoms with Crippen molar-refractivity contribution in [1.82, 2.24) is 0 Å². The Balaban J connectivity index is 0.00000144. The predicted octanol–water partition coefficient (Wildman–Crippen LogP) is 2.92. The normalized spacial score (nSPS) is 21.5. The van der Waals surface area contributed by atoms with E-state index >= 15 is 0 Å². The summed E-state index contributed by atoms with van der Waals surface area (Å²) >= 11 is 5.90. The number of esters is 1. The Labute approximate surface area is 120 Å². The molecule has 0 amide bonds. The van der Waals surface area contributed by atoms with Crippen molar-refractivity contribution in [2.24, 2.45) is 5.92 Å². The standard InChI is InChI=1S/C13H12ClO2.Pd/c1-9(14)12-11(8-16-13(12)15)7-10-5-3-2-4-6-10;/h2-7,11H,8H2,1H3;/q-1;/b12-9-;. The summed E-state index contributed by atoms with van der Waals surface area (Å²) < 4.78 is 5.00. The molecule has 17 heavy (non-hydrogen) atoms. The van der Waals surface area contributed by atoms with Gasteiger partial charge in [-0.25, -0.2) is 4.79 Å². The van der Waals surface area contributed by atoms with E-state index in [2.05, 4.69) is 0 Å². The van der Waals surface area contributed by atoms with Crippen molar-refractivity contribution in [1.29, 1.82) is 0 Å². The SMILES string of the molecule is C/C(Cl)=C1/C(=O)OCC1[CH-]c1ccccc1.[Pd]. The van der Waals surface area contributed by atoms with E-state index in [0.29, 0.717) is 17.2 Å². The molecule has 0 spiro atoms. The number of halogens is 1. The van der Waals surface area contributed by atoms with Gasteiger partial charge in [-0.3, -0.25) is 0 Å². The van der Waals surface area contributed by atoms with Crippen LogP contribution in [0.25, 0.3) is 0 Å². The minimum Gasteiger partial charge on any atom is -0.462 e. The Morgan fingerprint density at radius 1 is 1.41 bits per heavy atom. The number of cyclic esters (lactones) is 1. The van der Waals surface area contributed by atoms with Crippen LogP contribution < -0.4 is 0 Å². The number of benzene rings is 1. The Morgan fingerprint density at radius 3 is 2.65 bits per heavy atom. The molecule has 0 aliphatic carbocycles. The first-order chi connectivity index (χ1) is 7.68. The van der Waals surface area contributed by atoms with Crippen LogP contribution in [-0.4, -0.2) is 12.6 Å². The van der Waals surface area contributed by atoms with Crippen LogP contribution in [-0.2, 0) is 30.0 Å². The molecule has 1 unspecified atom stereocenters. The molecule has 1 aliphatic rings. The zero-order valence-electron chi connectivity index (χ0n) is 9.26. The van der Waals surface area contributed by atoms with E-state index in [1.54, 1.807) is 6.92 Å². The van der Waals surface area contributed by atoms with Crippen molar-refractivity contribution in [2.75, 3.05) is 6.61 Å². The first-order valence-corrected chi connectivity index (χ1v) is 5.49. The molecule has 1 fully saturated rings. The van der Waals surface area contributed by atoms with Gasteiger partial charge < -0.3 is 4.74 Å². The van der Waals surface area contributed by atoms with Crippen LogP contribution in [0.4, 0.5) is 0 Å². The quantitative estimate of drug-likeness (QED) is 0.358. The molecule has 1 aromatic rings. The van der Waals surface area contributed by atoms with Crippen molar-refractivity contribution in [3.63, 3.8) is 0 Å². The van der Waals surface area contributed by atoms with Gasteiger partial charge in [0.2, 0.25) is 0 Å². The summed E-state index contributed by atoms with van der Waals surface area (Å²) in [5, 5.41) is 0.514. The number of allylic oxidation sites excluding steroid dienone is 1. The third kappa shape index (κ3) is 3.36. The smallest absolute Gasteiger partial charge is 0.334 e. The summed E-state index contributed by atoms with van der Waals surface area (Å²) in [6.45, 7) is 2.10. The Bertz CT molecular complexity index is 424. The van der Waals surface area contributed by atoms with E-state index < -0.39 is 0 Å². The van der Waals surface area contributed by atoms with Gasteiger partial charge in [0.15, 0.2) is 0 Å². The topological polar surface area (TPSA) is 26.3 Å². The average molecular weight is 342 g/mol. The van der Waals surface area contributed by atoms with Gasteiger partial charge in [0, 0.05) is 31.4 Å². The number of ether oxygens (including phenoxy) is 1. The van der Waals surface area contributed by atoms with E-state index in [0.717, 1.165) is 5.56 Å². The van der Waals surface area contributed by atoms with Crippen LogP contribution in [0.15, 0.2) is 40.9 Å². The van der Waals surface area contributed by atoms with Gasteiger partial charge in [0.25, 0.3) is 0 Å². The minimum absolute atomic E-state index is 0. The molecule has 2 nitrogen and oxygen atoms in total. The molecule has 0 N–H and O–H groups in total. The fourth-order valence-electron chi connectivity index (χ4n) is 1.80. The van der Waals surface area contributed by atoms with Gasteiger partial charge in [0.05, 0.1) is 12.2 Å². The Hall–Kier alpha value is -0.748. The van der Waals surface area contributed by atoms with E-state index in [4.69, 9.17) is 16.3 Å². The summed E-state index contributed by atoms with van der Waals surface area (Å²) in [7, 11) is 0. The third-order valence-corrected chi connectivity index (χ3v) is 2.75. The molecule has 94 valence electrons. The second-order valence-corrected chi connectivity index (χ2v) is 4.30. The maximum Gasteiger partial charge on any atom is 0.334 e. The molecule has 1 aromatic carbocycles. The van der Waals surface area contributed by atoms with E-state index in [1.165, 1.54) is 0 Å². The summed E-state index contributed by atoms with van der Waals surface area (Å²) in [4.78, 5) is 11.4. The molecule has 0 radical (unpaired) electrons. The van der Waals surface area contributed by atoms with Crippen molar-refractivity contribution < 1.29 is 30.0 Å². The largest absolute Gasteiger partial charge is 0.462 e. The van der Waals surface area contributed by atoms with Crippen molar-refractivity contribution in [2.45, 2.75) is 6.92 Å². The van der Waals surface area contributed by atoms with Crippen molar-refractivity contribution in [3.8, 4) is 0 Å². The summed E-state index contributed by atoms with van der Waals surface area (Å²) in [6, 6.07) is 9.85. The molecule has 1 atom stereocenters. The summed E-state index contributed by atoms with van der Waals surface area (Å²) in [5.41, 5.74) is 1.65. The molecule has 0 bridgehead atoms. The van der Waals surface area contributed by atoms with E-state index in [1.807, 2.05) is 36.8 Å². The van der Waals surface area contributed by atoms with Gasteiger partial charge in [-0.05, 0) is 6.92 Å². The number of hydrogen-bond donors (Lipinski definition) is 0. The molecular weight excluding hydrogens is 330 g/mol. The predicted molar refractivity (Wildman–Crippen MR) is 62.8 cm³/mol. The third-order valence-electron chi connectivity index (χ3n) is 2.55. The van der Waals surface area contributed by atoms with Crippen molar-refractivity contribution >= 4 is 17.6 Å².